The van der Waals surface area contributed by atoms with Crippen LogP contribution in [0, 0.1) is 0 Å². The van der Waals surface area contributed by atoms with Gasteiger partial charge < -0.3 is 0 Å². The molecule has 1 N–H and O–H groups in total. The lowest BCUT2D eigenvalue weighted by molar-refractivity contribution is 0.110. The largest absolute Gasteiger partial charge is 0.297 e. The Morgan fingerprint density at radius 3 is 2.72 bits per heavy atom. The topological polar surface area (TPSA) is 24.5 Å². The van der Waals surface area contributed by atoms with Gasteiger partial charge in [0.25, 0.3) is 0 Å². The van der Waals surface area contributed by atoms with E-state index in [9.17, 15) is 0 Å². The third-order valence-electron chi connectivity index (χ3n) is 6.19. The SMILES string of the molecule is CCC(NOC)=C1[C@H]2CCC(C[C@@H]1c1ccc3ccccc3c1)N2C. The van der Waals surface area contributed by atoms with Crippen LogP contribution in [0.3, 0.4) is 0 Å². The summed E-state index contributed by atoms with van der Waals surface area (Å²) in [5.74, 6) is 0.482. The van der Waals surface area contributed by atoms with Crippen LogP contribution in [0.4, 0.5) is 0 Å². The van der Waals surface area contributed by atoms with E-state index in [4.69, 9.17) is 4.84 Å². The highest BCUT2D eigenvalue weighted by molar-refractivity contribution is 5.83. The molecule has 3 atom stereocenters. The van der Waals surface area contributed by atoms with Gasteiger partial charge >= 0.3 is 0 Å². The van der Waals surface area contributed by atoms with E-state index in [2.05, 4.69) is 66.8 Å². The Morgan fingerprint density at radius 1 is 1.16 bits per heavy atom. The highest BCUT2D eigenvalue weighted by atomic mass is 16.6. The van der Waals surface area contributed by atoms with Gasteiger partial charge in [0.1, 0.15) is 0 Å². The Bertz CT molecular complexity index is 797. The van der Waals surface area contributed by atoms with Crippen molar-refractivity contribution in [2.75, 3.05) is 14.2 Å². The fourth-order valence-corrected chi connectivity index (χ4v) is 4.91. The van der Waals surface area contributed by atoms with Crippen molar-refractivity contribution in [3.63, 3.8) is 0 Å². The van der Waals surface area contributed by atoms with Crippen molar-refractivity contribution in [1.82, 2.24) is 10.4 Å². The van der Waals surface area contributed by atoms with Crippen LogP contribution in [0.2, 0.25) is 0 Å². The third-order valence-corrected chi connectivity index (χ3v) is 6.19. The van der Waals surface area contributed by atoms with Crippen LogP contribution in [0.1, 0.15) is 44.1 Å². The predicted octanol–water partition coefficient (Wildman–Crippen LogP) is 4.61. The molecule has 4 rings (SSSR count). The van der Waals surface area contributed by atoms with E-state index < -0.39 is 0 Å². The number of allylic oxidation sites excluding steroid dienone is 1. The first-order chi connectivity index (χ1) is 12.2. The Balaban J connectivity index is 1.82. The lowest BCUT2D eigenvalue weighted by atomic mass is 9.79. The number of benzene rings is 2. The number of hydrogen-bond acceptors (Lipinski definition) is 3. The van der Waals surface area contributed by atoms with Gasteiger partial charge in [0.15, 0.2) is 0 Å². The average Bonchev–Trinajstić information content (AvgIpc) is 2.88. The molecule has 0 aromatic heterocycles. The Labute approximate surface area is 150 Å². The maximum Gasteiger partial charge on any atom is 0.0636 e. The van der Waals surface area contributed by atoms with Crippen LogP contribution in [-0.2, 0) is 4.84 Å². The van der Waals surface area contributed by atoms with Gasteiger partial charge in [-0.15, -0.1) is 0 Å². The second-order valence-corrected chi connectivity index (χ2v) is 7.40. The summed E-state index contributed by atoms with van der Waals surface area (Å²) in [6, 6.07) is 16.9. The smallest absolute Gasteiger partial charge is 0.0636 e. The van der Waals surface area contributed by atoms with Gasteiger partial charge in [0.05, 0.1) is 7.11 Å². The van der Waals surface area contributed by atoms with E-state index in [0.717, 1.165) is 6.42 Å². The first-order valence-electron chi connectivity index (χ1n) is 9.45. The van der Waals surface area contributed by atoms with Crippen molar-refractivity contribution in [3.8, 4) is 0 Å². The van der Waals surface area contributed by atoms with Gasteiger partial charge in [-0.2, -0.15) is 0 Å². The van der Waals surface area contributed by atoms with Crippen LogP contribution >= 0.6 is 0 Å². The van der Waals surface area contributed by atoms with Crippen molar-refractivity contribution >= 4 is 10.8 Å². The third kappa shape index (κ3) is 2.86. The van der Waals surface area contributed by atoms with Crippen molar-refractivity contribution in [2.45, 2.75) is 50.6 Å². The average molecular weight is 336 g/mol. The van der Waals surface area contributed by atoms with Gasteiger partial charge in [0, 0.05) is 23.7 Å². The predicted molar refractivity (Wildman–Crippen MR) is 103 cm³/mol. The van der Waals surface area contributed by atoms with Crippen LogP contribution < -0.4 is 5.48 Å². The number of fused-ring (bicyclic) bond motifs is 3. The minimum atomic E-state index is 0.482. The number of hydrogen-bond donors (Lipinski definition) is 1. The van der Waals surface area contributed by atoms with Gasteiger partial charge in [0.2, 0.25) is 0 Å². The maximum atomic E-state index is 5.32. The van der Waals surface area contributed by atoms with Crippen LogP contribution in [0.15, 0.2) is 53.7 Å². The zero-order chi connectivity index (χ0) is 17.4. The molecule has 0 saturated carbocycles. The van der Waals surface area contributed by atoms with E-state index in [1.807, 2.05) is 0 Å². The molecular weight excluding hydrogens is 308 g/mol. The molecule has 2 fully saturated rings. The summed E-state index contributed by atoms with van der Waals surface area (Å²) >= 11 is 0. The van der Waals surface area contributed by atoms with E-state index >= 15 is 0 Å². The molecule has 0 spiro atoms. The summed E-state index contributed by atoms with van der Waals surface area (Å²) in [7, 11) is 4.00. The molecule has 2 saturated heterocycles. The molecule has 2 aliphatic heterocycles. The van der Waals surface area contributed by atoms with E-state index in [1.54, 1.807) is 7.11 Å². The molecule has 2 aromatic carbocycles. The molecular formula is C22H28N2O. The summed E-state index contributed by atoms with van der Waals surface area (Å²) in [5.41, 5.74) is 7.44. The Hall–Kier alpha value is -1.84. The molecule has 2 aliphatic rings. The molecule has 25 heavy (non-hydrogen) atoms. The van der Waals surface area contributed by atoms with E-state index in [0.29, 0.717) is 18.0 Å². The number of nitrogens with zero attached hydrogens (tertiary/aromatic N) is 1. The zero-order valence-electron chi connectivity index (χ0n) is 15.5. The second kappa shape index (κ2) is 6.81. The molecule has 3 heteroatoms. The highest BCUT2D eigenvalue weighted by Gasteiger charge is 2.43. The van der Waals surface area contributed by atoms with Crippen LogP contribution in [0.25, 0.3) is 10.8 Å². The van der Waals surface area contributed by atoms with Gasteiger partial charge in [-0.3, -0.25) is 15.2 Å². The fraction of sp³-hybridized carbons (Fsp3) is 0.455. The maximum absolute atomic E-state index is 5.32. The van der Waals surface area contributed by atoms with Crippen molar-refractivity contribution in [3.05, 3.63) is 59.3 Å². The summed E-state index contributed by atoms with van der Waals surface area (Å²) in [5, 5.41) is 2.65. The van der Waals surface area contributed by atoms with Crippen molar-refractivity contribution < 1.29 is 4.84 Å². The molecule has 0 aliphatic carbocycles. The highest BCUT2D eigenvalue weighted by Crippen LogP contribution is 2.47. The fourth-order valence-electron chi connectivity index (χ4n) is 4.91. The van der Waals surface area contributed by atoms with Crippen LogP contribution in [0.5, 0.6) is 0 Å². The summed E-state index contributed by atoms with van der Waals surface area (Å²) < 4.78 is 0. The first kappa shape index (κ1) is 16.6. The minimum absolute atomic E-state index is 0.482. The number of piperidine rings is 1. The number of nitrogens with one attached hydrogen (secondary N) is 1. The zero-order valence-corrected chi connectivity index (χ0v) is 15.5. The second-order valence-electron chi connectivity index (χ2n) is 7.40. The van der Waals surface area contributed by atoms with Gasteiger partial charge in [-0.25, -0.2) is 0 Å². The molecule has 2 heterocycles. The lowest BCUT2D eigenvalue weighted by Crippen LogP contribution is -2.42. The van der Waals surface area contributed by atoms with E-state index in [1.165, 1.54) is 46.9 Å². The number of rotatable bonds is 4. The van der Waals surface area contributed by atoms with Gasteiger partial charge in [-0.05, 0) is 54.6 Å². The summed E-state index contributed by atoms with van der Waals surface area (Å²) in [6.45, 7) is 2.22. The van der Waals surface area contributed by atoms with Crippen molar-refractivity contribution in [1.29, 1.82) is 0 Å². The molecule has 1 unspecified atom stereocenters. The molecule has 2 aromatic rings. The number of hydroxylamine groups is 1. The van der Waals surface area contributed by atoms with Crippen molar-refractivity contribution in [2.24, 2.45) is 0 Å². The van der Waals surface area contributed by atoms with Crippen LogP contribution in [-0.4, -0.2) is 31.1 Å². The Morgan fingerprint density at radius 2 is 1.96 bits per heavy atom. The molecule has 3 nitrogen and oxygen atoms in total. The molecule has 2 bridgehead atoms. The first-order valence-corrected chi connectivity index (χ1v) is 9.45. The quantitative estimate of drug-likeness (QED) is 0.826. The standard InChI is InChI=1S/C22H28N2O/c1-4-20(23-25-3)22-19(14-18-11-12-21(22)24(18)2)17-10-9-15-7-5-6-8-16(15)13-17/h5-10,13,18-19,21,23H,4,11-12,14H2,1-3H3/t18?,19-,21-/m1/s1. The number of likely N-dealkylation sites (N-methyl/N-ethyl adjacent to an activating group) is 1. The molecule has 132 valence electrons. The Kier molecular flexibility index (Phi) is 4.53. The normalized spacial score (nSPS) is 28.4. The minimum Gasteiger partial charge on any atom is -0.297 e. The lowest BCUT2D eigenvalue weighted by Gasteiger charge is -2.40. The molecule has 0 amide bonds. The van der Waals surface area contributed by atoms with Gasteiger partial charge in [-0.1, -0.05) is 49.4 Å². The summed E-state index contributed by atoms with van der Waals surface area (Å²) in [4.78, 5) is 7.90. The molecule has 0 radical (unpaired) electrons. The van der Waals surface area contributed by atoms with E-state index in [-0.39, 0.29) is 0 Å². The summed E-state index contributed by atoms with van der Waals surface area (Å²) in [6.07, 6.45) is 4.74. The monoisotopic (exact) mass is 336 g/mol.